The first-order valence-corrected chi connectivity index (χ1v) is 6.44. The average molecular weight is 227 g/mol. The second-order valence-electron chi connectivity index (χ2n) is 4.43. The number of piperidine rings is 1. The van der Waals surface area contributed by atoms with Gasteiger partial charge in [0.15, 0.2) is 0 Å². The average Bonchev–Trinajstić information content (AvgIpc) is 2.35. The fraction of sp³-hybridized carbons (Fsp3) is 0.917. The number of rotatable bonds is 5. The Morgan fingerprint density at radius 1 is 1.38 bits per heavy atom. The summed E-state index contributed by atoms with van der Waals surface area (Å²) < 4.78 is 0. The molecule has 1 unspecified atom stereocenters. The number of likely N-dealkylation sites (N-methyl/N-ethyl adjacent to an activating group) is 1. The summed E-state index contributed by atoms with van der Waals surface area (Å²) >= 11 is 0. The Balaban J connectivity index is 2.50. The van der Waals surface area contributed by atoms with Crippen molar-refractivity contribution in [2.45, 2.75) is 39.2 Å². The highest BCUT2D eigenvalue weighted by molar-refractivity contribution is 5.78. The van der Waals surface area contributed by atoms with Gasteiger partial charge in [0.2, 0.25) is 5.91 Å². The zero-order valence-electron chi connectivity index (χ0n) is 10.6. The van der Waals surface area contributed by atoms with Crippen LogP contribution in [0.2, 0.25) is 0 Å². The lowest BCUT2D eigenvalue weighted by Gasteiger charge is -2.36. The Bertz CT molecular complexity index is 216. The minimum Gasteiger partial charge on any atom is -0.337 e. The van der Waals surface area contributed by atoms with E-state index in [9.17, 15) is 4.79 Å². The van der Waals surface area contributed by atoms with Crippen molar-refractivity contribution in [3.63, 3.8) is 0 Å². The van der Waals surface area contributed by atoms with E-state index in [4.69, 9.17) is 5.73 Å². The normalized spacial score (nSPS) is 21.5. The number of likely N-dealkylation sites (tertiary alicyclic amines) is 1. The van der Waals surface area contributed by atoms with Crippen molar-refractivity contribution in [1.29, 1.82) is 0 Å². The third kappa shape index (κ3) is 3.46. The highest BCUT2D eigenvalue weighted by Gasteiger charge is 2.25. The van der Waals surface area contributed by atoms with E-state index in [2.05, 4.69) is 18.7 Å². The summed E-state index contributed by atoms with van der Waals surface area (Å²) in [6, 6.07) is 0.275. The van der Waals surface area contributed by atoms with Crippen LogP contribution in [0.25, 0.3) is 0 Å². The molecule has 1 aliphatic rings. The molecular weight excluding hydrogens is 202 g/mol. The molecule has 4 heteroatoms. The van der Waals surface area contributed by atoms with Crippen molar-refractivity contribution in [3.8, 4) is 0 Å². The van der Waals surface area contributed by atoms with E-state index in [0.717, 1.165) is 32.5 Å². The Kier molecular flexibility index (Phi) is 5.77. The maximum atomic E-state index is 12.1. The lowest BCUT2D eigenvalue weighted by atomic mass is 10.0. The van der Waals surface area contributed by atoms with E-state index in [1.165, 1.54) is 6.42 Å². The second-order valence-corrected chi connectivity index (χ2v) is 4.43. The number of nitrogens with zero attached hydrogens (tertiary/aromatic N) is 2. The van der Waals surface area contributed by atoms with Crippen LogP contribution >= 0.6 is 0 Å². The maximum Gasteiger partial charge on any atom is 0.237 e. The van der Waals surface area contributed by atoms with Crippen LogP contribution in [0.1, 0.15) is 33.1 Å². The molecule has 4 nitrogen and oxygen atoms in total. The van der Waals surface area contributed by atoms with Crippen molar-refractivity contribution in [1.82, 2.24) is 9.80 Å². The summed E-state index contributed by atoms with van der Waals surface area (Å²) in [4.78, 5) is 16.3. The third-order valence-electron chi connectivity index (χ3n) is 3.47. The van der Waals surface area contributed by atoms with Crippen LogP contribution in [-0.4, -0.2) is 54.5 Å². The summed E-state index contributed by atoms with van der Waals surface area (Å²) in [6.07, 6.45) is 3.40. The Morgan fingerprint density at radius 3 is 2.62 bits per heavy atom. The first-order valence-electron chi connectivity index (χ1n) is 6.44. The van der Waals surface area contributed by atoms with Gasteiger partial charge in [-0.05, 0) is 32.4 Å². The van der Waals surface area contributed by atoms with Gasteiger partial charge in [-0.1, -0.05) is 13.8 Å². The standard InChI is InChI=1S/C12H25N3O/c1-3-14(4-2)10-12(16)15-8-6-5-7-11(15)9-13/h11H,3-10,13H2,1-2H3. The van der Waals surface area contributed by atoms with Gasteiger partial charge < -0.3 is 10.6 Å². The minimum absolute atomic E-state index is 0.249. The van der Waals surface area contributed by atoms with E-state index in [0.29, 0.717) is 13.1 Å². The fourth-order valence-corrected chi connectivity index (χ4v) is 2.30. The van der Waals surface area contributed by atoms with E-state index in [-0.39, 0.29) is 11.9 Å². The van der Waals surface area contributed by atoms with Gasteiger partial charge in [-0.15, -0.1) is 0 Å². The van der Waals surface area contributed by atoms with Crippen LogP contribution in [0.3, 0.4) is 0 Å². The quantitative estimate of drug-likeness (QED) is 0.751. The number of hydrogen-bond acceptors (Lipinski definition) is 3. The molecule has 1 aliphatic heterocycles. The molecule has 0 radical (unpaired) electrons. The lowest BCUT2D eigenvalue weighted by molar-refractivity contribution is -0.135. The largest absolute Gasteiger partial charge is 0.337 e. The molecule has 0 saturated carbocycles. The van der Waals surface area contributed by atoms with Crippen molar-refractivity contribution < 1.29 is 4.79 Å². The van der Waals surface area contributed by atoms with Crippen molar-refractivity contribution in [2.24, 2.45) is 5.73 Å². The fourth-order valence-electron chi connectivity index (χ4n) is 2.30. The zero-order chi connectivity index (χ0) is 12.0. The molecule has 2 N–H and O–H groups in total. The molecule has 1 saturated heterocycles. The molecular formula is C12H25N3O. The summed E-state index contributed by atoms with van der Waals surface area (Å²) in [6.45, 7) is 8.09. The van der Waals surface area contributed by atoms with Crippen molar-refractivity contribution >= 4 is 5.91 Å². The van der Waals surface area contributed by atoms with Crippen LogP contribution in [0.15, 0.2) is 0 Å². The highest BCUT2D eigenvalue weighted by Crippen LogP contribution is 2.16. The molecule has 0 aromatic carbocycles. The van der Waals surface area contributed by atoms with Gasteiger partial charge in [-0.2, -0.15) is 0 Å². The summed E-state index contributed by atoms with van der Waals surface area (Å²) in [7, 11) is 0. The number of carbonyl (C=O) groups is 1. The number of amides is 1. The SMILES string of the molecule is CCN(CC)CC(=O)N1CCCCC1CN. The Hall–Kier alpha value is -0.610. The van der Waals surface area contributed by atoms with Crippen molar-refractivity contribution in [3.05, 3.63) is 0 Å². The van der Waals surface area contributed by atoms with Crippen LogP contribution < -0.4 is 5.73 Å². The molecule has 1 rings (SSSR count). The molecule has 1 atom stereocenters. The van der Waals surface area contributed by atoms with Gasteiger partial charge >= 0.3 is 0 Å². The Labute approximate surface area is 98.8 Å². The molecule has 1 heterocycles. The monoisotopic (exact) mass is 227 g/mol. The number of nitrogens with two attached hydrogens (primary N) is 1. The molecule has 0 aromatic rings. The summed E-state index contributed by atoms with van der Waals surface area (Å²) in [5.74, 6) is 0.249. The molecule has 1 amide bonds. The van der Waals surface area contributed by atoms with E-state index >= 15 is 0 Å². The maximum absolute atomic E-state index is 12.1. The Morgan fingerprint density at radius 2 is 2.06 bits per heavy atom. The first-order chi connectivity index (χ1) is 7.72. The topological polar surface area (TPSA) is 49.6 Å². The van der Waals surface area contributed by atoms with Crippen molar-refractivity contribution in [2.75, 3.05) is 32.7 Å². The van der Waals surface area contributed by atoms with E-state index < -0.39 is 0 Å². The van der Waals surface area contributed by atoms with E-state index in [1.54, 1.807) is 0 Å². The van der Waals surface area contributed by atoms with Gasteiger partial charge in [0, 0.05) is 19.1 Å². The summed E-state index contributed by atoms with van der Waals surface area (Å²) in [5, 5.41) is 0. The molecule has 16 heavy (non-hydrogen) atoms. The molecule has 1 fully saturated rings. The van der Waals surface area contributed by atoms with Crippen LogP contribution in [0, 0.1) is 0 Å². The van der Waals surface area contributed by atoms with Gasteiger partial charge in [-0.25, -0.2) is 0 Å². The molecule has 94 valence electrons. The minimum atomic E-state index is 0.249. The van der Waals surface area contributed by atoms with Gasteiger partial charge in [0.05, 0.1) is 6.54 Å². The lowest BCUT2D eigenvalue weighted by Crippen LogP contribution is -2.50. The predicted molar refractivity (Wildman–Crippen MR) is 66.2 cm³/mol. The van der Waals surface area contributed by atoms with Crippen LogP contribution in [0.5, 0.6) is 0 Å². The molecule has 0 aromatic heterocycles. The van der Waals surface area contributed by atoms with Gasteiger partial charge in [0.25, 0.3) is 0 Å². The van der Waals surface area contributed by atoms with Gasteiger partial charge in [0.1, 0.15) is 0 Å². The highest BCUT2D eigenvalue weighted by atomic mass is 16.2. The first kappa shape index (κ1) is 13.5. The number of hydrogen-bond donors (Lipinski definition) is 1. The summed E-state index contributed by atoms with van der Waals surface area (Å²) in [5.41, 5.74) is 5.72. The third-order valence-corrected chi connectivity index (χ3v) is 3.47. The zero-order valence-corrected chi connectivity index (χ0v) is 10.6. The van der Waals surface area contributed by atoms with E-state index in [1.807, 2.05) is 4.90 Å². The molecule has 0 aliphatic carbocycles. The predicted octanol–water partition coefficient (Wildman–Crippen LogP) is 0.668. The molecule has 0 spiro atoms. The van der Waals surface area contributed by atoms with Crippen LogP contribution in [0.4, 0.5) is 0 Å². The molecule has 0 bridgehead atoms. The van der Waals surface area contributed by atoms with Gasteiger partial charge in [-0.3, -0.25) is 9.69 Å². The second kappa shape index (κ2) is 6.86. The smallest absolute Gasteiger partial charge is 0.237 e. The number of carbonyl (C=O) groups excluding carboxylic acids is 1. The van der Waals surface area contributed by atoms with Crippen LogP contribution in [-0.2, 0) is 4.79 Å².